The summed E-state index contributed by atoms with van der Waals surface area (Å²) in [7, 11) is 0. The fourth-order valence-electron chi connectivity index (χ4n) is 3.70. The summed E-state index contributed by atoms with van der Waals surface area (Å²) in [4.78, 5) is 17.6. The van der Waals surface area contributed by atoms with Gasteiger partial charge in [0.1, 0.15) is 4.70 Å². The van der Waals surface area contributed by atoms with E-state index in [9.17, 15) is 9.90 Å². The van der Waals surface area contributed by atoms with Gasteiger partial charge >= 0.3 is 0 Å². The van der Waals surface area contributed by atoms with Gasteiger partial charge in [0.25, 0.3) is 5.56 Å². The van der Waals surface area contributed by atoms with E-state index in [-0.39, 0.29) is 12.2 Å². The van der Waals surface area contributed by atoms with Crippen molar-refractivity contribution in [2.75, 3.05) is 19.6 Å². The molecule has 1 fully saturated rings. The molecule has 1 aliphatic rings. The Kier molecular flexibility index (Phi) is 4.91. The van der Waals surface area contributed by atoms with E-state index in [1.165, 1.54) is 11.3 Å². The first-order chi connectivity index (χ1) is 12.7. The van der Waals surface area contributed by atoms with Gasteiger partial charge in [-0.1, -0.05) is 18.2 Å². The molecule has 6 heteroatoms. The van der Waals surface area contributed by atoms with E-state index in [1.807, 2.05) is 23.6 Å². The molecule has 1 aliphatic heterocycles. The molecular weight excluding hydrogens is 346 g/mol. The van der Waals surface area contributed by atoms with Crippen molar-refractivity contribution in [2.45, 2.75) is 25.5 Å². The van der Waals surface area contributed by atoms with Gasteiger partial charge in [0.15, 0.2) is 0 Å². The number of rotatable bonds is 4. The van der Waals surface area contributed by atoms with Crippen LogP contribution in [0.15, 0.2) is 34.4 Å². The Morgan fingerprint density at radius 2 is 2.12 bits per heavy atom. The van der Waals surface area contributed by atoms with Gasteiger partial charge in [-0.25, -0.2) is 0 Å². The summed E-state index contributed by atoms with van der Waals surface area (Å²) in [6.07, 6.45) is 6.31. The first kappa shape index (κ1) is 17.4. The van der Waals surface area contributed by atoms with E-state index in [4.69, 9.17) is 5.73 Å². The molecule has 4 N–H and O–H groups in total. The quantitative estimate of drug-likeness (QED) is 0.660. The zero-order valence-electron chi connectivity index (χ0n) is 14.6. The first-order valence-electron chi connectivity index (χ1n) is 8.98. The molecule has 4 rings (SSSR count). The molecule has 0 aliphatic carbocycles. The molecule has 3 heterocycles. The number of hydrogen-bond acceptors (Lipinski definition) is 5. The number of nitrogens with zero attached hydrogens (tertiary/aromatic N) is 1. The summed E-state index contributed by atoms with van der Waals surface area (Å²) in [5.74, 6) is 0. The van der Waals surface area contributed by atoms with Crippen molar-refractivity contribution in [3.05, 3.63) is 51.1 Å². The minimum atomic E-state index is -0.0566. The number of fused-ring (bicyclic) bond motifs is 3. The van der Waals surface area contributed by atoms with Crippen LogP contribution in [0.1, 0.15) is 24.0 Å². The fourth-order valence-corrected chi connectivity index (χ4v) is 4.50. The van der Waals surface area contributed by atoms with E-state index >= 15 is 0 Å². The maximum Gasteiger partial charge on any atom is 0.266 e. The first-order valence-corrected chi connectivity index (χ1v) is 9.85. The van der Waals surface area contributed by atoms with Crippen LogP contribution in [0.2, 0.25) is 0 Å². The third-order valence-electron chi connectivity index (χ3n) is 5.18. The molecule has 0 saturated carbocycles. The van der Waals surface area contributed by atoms with E-state index in [0.29, 0.717) is 6.04 Å². The molecule has 3 aromatic rings. The van der Waals surface area contributed by atoms with Gasteiger partial charge < -0.3 is 15.8 Å². The Hall–Kier alpha value is -1.99. The van der Waals surface area contributed by atoms with Gasteiger partial charge in [-0.3, -0.25) is 9.69 Å². The number of pyridine rings is 1. The number of aromatic amines is 1. The van der Waals surface area contributed by atoms with Crippen molar-refractivity contribution in [3.8, 4) is 0 Å². The SMILES string of the molecule is NC1CCN(C/C=C/c2c(CO)ccc3[nH]c(=O)c4sccc4c23)CC1. The lowest BCUT2D eigenvalue weighted by molar-refractivity contribution is 0.234. The van der Waals surface area contributed by atoms with E-state index in [1.54, 1.807) is 0 Å². The number of aromatic nitrogens is 1. The highest BCUT2D eigenvalue weighted by Gasteiger charge is 2.15. The van der Waals surface area contributed by atoms with Crippen LogP contribution in [-0.4, -0.2) is 40.7 Å². The van der Waals surface area contributed by atoms with E-state index in [0.717, 1.165) is 64.6 Å². The lowest BCUT2D eigenvalue weighted by atomic mass is 9.99. The smallest absolute Gasteiger partial charge is 0.266 e. The number of nitrogens with one attached hydrogen (secondary N) is 1. The Morgan fingerprint density at radius 1 is 1.31 bits per heavy atom. The summed E-state index contributed by atoms with van der Waals surface area (Å²) in [6, 6.07) is 6.08. The molecule has 0 amide bonds. The monoisotopic (exact) mass is 369 g/mol. The van der Waals surface area contributed by atoms with E-state index < -0.39 is 0 Å². The summed E-state index contributed by atoms with van der Waals surface area (Å²) in [6.45, 7) is 2.88. The molecule has 0 bridgehead atoms. The zero-order valence-corrected chi connectivity index (χ0v) is 15.4. The average molecular weight is 369 g/mol. The number of hydrogen-bond donors (Lipinski definition) is 3. The Balaban J connectivity index is 1.74. The summed E-state index contributed by atoms with van der Waals surface area (Å²) in [5.41, 5.74) is 8.58. The van der Waals surface area contributed by atoms with Crippen molar-refractivity contribution in [1.82, 2.24) is 9.88 Å². The largest absolute Gasteiger partial charge is 0.392 e. The minimum absolute atomic E-state index is 0.0288. The van der Waals surface area contributed by atoms with Crippen molar-refractivity contribution in [2.24, 2.45) is 5.73 Å². The topological polar surface area (TPSA) is 82.3 Å². The molecule has 1 saturated heterocycles. The number of nitrogens with two attached hydrogens (primary N) is 1. The standard InChI is InChI=1S/C20H23N3O2S/c21-14-5-9-23(10-6-14)8-1-2-15-13(12-24)3-4-17-18(15)16-7-11-26-19(16)20(25)22-17/h1-4,7,11,14,24H,5-6,8-10,12,21H2,(H,22,25)/b2-1+. The summed E-state index contributed by atoms with van der Waals surface area (Å²) < 4.78 is 0.729. The molecule has 0 atom stereocenters. The Bertz CT molecular complexity index is 1010. The number of likely N-dealkylation sites (tertiary alicyclic amines) is 1. The number of H-pyrrole nitrogens is 1. The lowest BCUT2D eigenvalue weighted by Crippen LogP contribution is -2.39. The van der Waals surface area contributed by atoms with Gasteiger partial charge in [-0.05, 0) is 54.6 Å². The number of thiophene rings is 1. The summed E-state index contributed by atoms with van der Waals surface area (Å²) >= 11 is 1.45. The predicted molar refractivity (Wildman–Crippen MR) is 109 cm³/mol. The number of aliphatic hydroxyl groups excluding tert-OH is 1. The predicted octanol–water partition coefficient (Wildman–Crippen LogP) is 2.67. The highest BCUT2D eigenvalue weighted by molar-refractivity contribution is 7.17. The molecular formula is C20H23N3O2S. The molecule has 2 aromatic heterocycles. The third-order valence-corrected chi connectivity index (χ3v) is 6.09. The van der Waals surface area contributed by atoms with Gasteiger partial charge in [0, 0.05) is 28.9 Å². The molecule has 0 spiro atoms. The van der Waals surface area contributed by atoms with Gasteiger partial charge in [0.2, 0.25) is 0 Å². The fraction of sp³-hybridized carbons (Fsp3) is 0.350. The second-order valence-electron chi connectivity index (χ2n) is 6.88. The second-order valence-corrected chi connectivity index (χ2v) is 7.79. The van der Waals surface area contributed by atoms with Crippen LogP contribution in [0.25, 0.3) is 27.1 Å². The minimum Gasteiger partial charge on any atom is -0.392 e. The normalized spacial score (nSPS) is 17.0. The maximum atomic E-state index is 12.2. The van der Waals surface area contributed by atoms with Crippen molar-refractivity contribution in [1.29, 1.82) is 0 Å². The van der Waals surface area contributed by atoms with Gasteiger partial charge in [-0.15, -0.1) is 11.3 Å². The molecule has 0 radical (unpaired) electrons. The molecule has 1 aromatic carbocycles. The van der Waals surface area contributed by atoms with Gasteiger partial charge in [-0.2, -0.15) is 0 Å². The third kappa shape index (κ3) is 3.21. The van der Waals surface area contributed by atoms with Crippen LogP contribution >= 0.6 is 11.3 Å². The van der Waals surface area contributed by atoms with Crippen LogP contribution < -0.4 is 11.3 Å². The van der Waals surface area contributed by atoms with Crippen molar-refractivity contribution in [3.63, 3.8) is 0 Å². The molecule has 0 unspecified atom stereocenters. The lowest BCUT2D eigenvalue weighted by Gasteiger charge is -2.28. The highest BCUT2D eigenvalue weighted by Crippen LogP contribution is 2.31. The Morgan fingerprint density at radius 3 is 2.88 bits per heavy atom. The Labute approximate surface area is 155 Å². The molecule has 26 heavy (non-hydrogen) atoms. The summed E-state index contributed by atoms with van der Waals surface area (Å²) in [5, 5.41) is 13.7. The molecule has 136 valence electrons. The second kappa shape index (κ2) is 7.32. The van der Waals surface area contributed by atoms with Crippen molar-refractivity contribution < 1.29 is 5.11 Å². The van der Waals surface area contributed by atoms with Crippen LogP contribution in [-0.2, 0) is 6.61 Å². The van der Waals surface area contributed by atoms with Crippen molar-refractivity contribution >= 4 is 38.4 Å². The van der Waals surface area contributed by atoms with Crippen LogP contribution in [0, 0.1) is 0 Å². The zero-order chi connectivity index (χ0) is 18.1. The number of piperidine rings is 1. The van der Waals surface area contributed by atoms with Gasteiger partial charge in [0.05, 0.1) is 6.61 Å². The number of benzene rings is 1. The van der Waals surface area contributed by atoms with Crippen LogP contribution in [0.3, 0.4) is 0 Å². The average Bonchev–Trinajstić information content (AvgIpc) is 3.14. The van der Waals surface area contributed by atoms with Crippen LogP contribution in [0.4, 0.5) is 0 Å². The highest BCUT2D eigenvalue weighted by atomic mass is 32.1. The maximum absolute atomic E-state index is 12.2. The van der Waals surface area contributed by atoms with Crippen LogP contribution in [0.5, 0.6) is 0 Å². The van der Waals surface area contributed by atoms with E-state index in [2.05, 4.69) is 22.0 Å². The molecule has 5 nitrogen and oxygen atoms in total. The number of aliphatic hydroxyl groups is 1.